The topological polar surface area (TPSA) is 77.8 Å². The summed E-state index contributed by atoms with van der Waals surface area (Å²) in [4.78, 5) is 16.2. The van der Waals surface area contributed by atoms with Crippen molar-refractivity contribution in [3.8, 4) is 6.07 Å². The zero-order valence-electron chi connectivity index (χ0n) is 13.6. The van der Waals surface area contributed by atoms with Crippen LogP contribution >= 0.6 is 0 Å². The molecule has 0 unspecified atom stereocenters. The van der Waals surface area contributed by atoms with E-state index in [0.29, 0.717) is 11.3 Å². The van der Waals surface area contributed by atoms with Gasteiger partial charge in [-0.05, 0) is 18.2 Å². The van der Waals surface area contributed by atoms with Crippen molar-refractivity contribution in [3.63, 3.8) is 0 Å². The average molecular weight is 352 g/mol. The molecule has 3 aromatic rings. The highest BCUT2D eigenvalue weighted by molar-refractivity contribution is 5.95. The van der Waals surface area contributed by atoms with Gasteiger partial charge in [-0.25, -0.2) is 8.78 Å². The first-order valence-corrected chi connectivity index (χ1v) is 7.85. The molecule has 0 atom stereocenters. The van der Waals surface area contributed by atoms with E-state index in [-0.39, 0.29) is 13.1 Å². The summed E-state index contributed by atoms with van der Waals surface area (Å²) < 4.78 is 27.2. The number of carbonyl (C=O) groups is 1. The largest absolute Gasteiger partial charge is 0.382 e. The molecule has 0 saturated heterocycles. The number of nitriles is 1. The number of pyridine rings is 1. The fourth-order valence-corrected chi connectivity index (χ4v) is 2.58. The quantitative estimate of drug-likeness (QED) is 0.691. The maximum Gasteiger partial charge on any atom is 0.257 e. The van der Waals surface area contributed by atoms with Crippen molar-refractivity contribution in [2.75, 3.05) is 18.4 Å². The molecule has 1 amide bonds. The lowest BCUT2D eigenvalue weighted by Gasteiger charge is -2.12. The first kappa shape index (κ1) is 17.3. The van der Waals surface area contributed by atoms with E-state index in [1.807, 2.05) is 24.3 Å². The van der Waals surface area contributed by atoms with E-state index in [9.17, 15) is 18.8 Å². The fraction of sp³-hybridized carbons (Fsp3) is 0.105. The molecule has 0 aliphatic carbocycles. The molecule has 1 heterocycles. The maximum atomic E-state index is 13.6. The molecular formula is C19H14F2N4O. The van der Waals surface area contributed by atoms with Gasteiger partial charge in [0, 0.05) is 24.7 Å². The minimum atomic E-state index is -0.914. The van der Waals surface area contributed by atoms with Crippen LogP contribution in [0.15, 0.2) is 48.7 Å². The standard InChI is InChI=1S/C19H14F2N4O/c20-14-5-3-6-15(21)17(14)19(26)24-9-8-23-18-12(10-22)11-25-16-7-2-1-4-13(16)18/h1-7,11H,8-9H2,(H,23,25)(H,24,26). The maximum absolute atomic E-state index is 13.6. The van der Waals surface area contributed by atoms with E-state index >= 15 is 0 Å². The van der Waals surface area contributed by atoms with Crippen molar-refractivity contribution in [2.24, 2.45) is 0 Å². The predicted molar refractivity (Wildman–Crippen MR) is 93.6 cm³/mol. The van der Waals surface area contributed by atoms with E-state index in [1.54, 1.807) is 0 Å². The van der Waals surface area contributed by atoms with E-state index < -0.39 is 23.1 Å². The Hall–Kier alpha value is -3.53. The Morgan fingerprint density at radius 2 is 1.81 bits per heavy atom. The minimum Gasteiger partial charge on any atom is -0.382 e. The van der Waals surface area contributed by atoms with Crippen LogP contribution in [0.3, 0.4) is 0 Å². The van der Waals surface area contributed by atoms with E-state index in [4.69, 9.17) is 0 Å². The van der Waals surface area contributed by atoms with Crippen LogP contribution in [0.1, 0.15) is 15.9 Å². The summed E-state index contributed by atoms with van der Waals surface area (Å²) in [6.07, 6.45) is 1.47. The number of nitrogens with one attached hydrogen (secondary N) is 2. The highest BCUT2D eigenvalue weighted by Gasteiger charge is 2.16. The summed E-state index contributed by atoms with van der Waals surface area (Å²) in [7, 11) is 0. The van der Waals surface area contributed by atoms with Crippen molar-refractivity contribution < 1.29 is 13.6 Å². The number of amides is 1. The summed E-state index contributed by atoms with van der Waals surface area (Å²) >= 11 is 0. The van der Waals surface area contributed by atoms with Gasteiger partial charge in [0.25, 0.3) is 5.91 Å². The number of fused-ring (bicyclic) bond motifs is 1. The lowest BCUT2D eigenvalue weighted by molar-refractivity contribution is 0.0947. The van der Waals surface area contributed by atoms with Gasteiger partial charge in [0.05, 0.1) is 16.8 Å². The van der Waals surface area contributed by atoms with Crippen LogP contribution in [-0.2, 0) is 0 Å². The Morgan fingerprint density at radius 1 is 1.08 bits per heavy atom. The van der Waals surface area contributed by atoms with Gasteiger partial charge in [0.15, 0.2) is 0 Å². The highest BCUT2D eigenvalue weighted by atomic mass is 19.1. The number of halogens is 2. The van der Waals surface area contributed by atoms with Gasteiger partial charge in [-0.3, -0.25) is 9.78 Å². The van der Waals surface area contributed by atoms with Crippen LogP contribution in [-0.4, -0.2) is 24.0 Å². The number of para-hydroxylation sites is 1. The average Bonchev–Trinajstić information content (AvgIpc) is 2.65. The van der Waals surface area contributed by atoms with Crippen molar-refractivity contribution in [1.82, 2.24) is 10.3 Å². The monoisotopic (exact) mass is 352 g/mol. The number of hydrogen-bond acceptors (Lipinski definition) is 4. The summed E-state index contributed by atoms with van der Waals surface area (Å²) in [5.41, 5.74) is 1.09. The Labute approximate surface area is 148 Å². The van der Waals surface area contributed by atoms with Crippen molar-refractivity contribution in [2.45, 2.75) is 0 Å². The molecule has 0 spiro atoms. The van der Waals surface area contributed by atoms with Gasteiger partial charge >= 0.3 is 0 Å². The second kappa shape index (κ2) is 7.57. The first-order chi connectivity index (χ1) is 12.6. The highest BCUT2D eigenvalue weighted by Crippen LogP contribution is 2.24. The van der Waals surface area contributed by atoms with Crippen LogP contribution in [0, 0.1) is 23.0 Å². The summed E-state index contributed by atoms with van der Waals surface area (Å²) in [5.74, 6) is -2.66. The molecule has 26 heavy (non-hydrogen) atoms. The molecule has 0 aliphatic rings. The molecule has 130 valence electrons. The normalized spacial score (nSPS) is 10.3. The first-order valence-electron chi connectivity index (χ1n) is 7.85. The van der Waals surface area contributed by atoms with Gasteiger partial charge in [0.2, 0.25) is 0 Å². The summed E-state index contributed by atoms with van der Waals surface area (Å²) in [6.45, 7) is 0.388. The Kier molecular flexibility index (Phi) is 5.04. The van der Waals surface area contributed by atoms with Gasteiger partial charge in [-0.2, -0.15) is 5.26 Å². The molecule has 0 aliphatic heterocycles. The minimum absolute atomic E-state index is 0.119. The molecule has 2 aromatic carbocycles. The Balaban J connectivity index is 1.68. The third kappa shape index (κ3) is 3.44. The van der Waals surface area contributed by atoms with Crippen LogP contribution in [0.2, 0.25) is 0 Å². The van der Waals surface area contributed by atoms with Gasteiger partial charge in [-0.1, -0.05) is 24.3 Å². The van der Waals surface area contributed by atoms with Crippen LogP contribution in [0.5, 0.6) is 0 Å². The molecule has 0 bridgehead atoms. The van der Waals surface area contributed by atoms with Crippen LogP contribution in [0.4, 0.5) is 14.5 Å². The lowest BCUT2D eigenvalue weighted by atomic mass is 10.1. The van der Waals surface area contributed by atoms with E-state index in [1.165, 1.54) is 12.3 Å². The number of anilines is 1. The fourth-order valence-electron chi connectivity index (χ4n) is 2.58. The van der Waals surface area contributed by atoms with Crippen molar-refractivity contribution >= 4 is 22.5 Å². The number of carbonyl (C=O) groups excluding carboxylic acids is 1. The molecule has 7 heteroatoms. The molecular weight excluding hydrogens is 338 g/mol. The molecule has 5 nitrogen and oxygen atoms in total. The molecule has 1 aromatic heterocycles. The van der Waals surface area contributed by atoms with Crippen LogP contribution < -0.4 is 10.6 Å². The Bertz CT molecular complexity index is 994. The molecule has 0 radical (unpaired) electrons. The predicted octanol–water partition coefficient (Wildman–Crippen LogP) is 3.23. The second-order valence-electron chi connectivity index (χ2n) is 5.46. The zero-order chi connectivity index (χ0) is 18.5. The number of hydrogen-bond donors (Lipinski definition) is 2. The van der Waals surface area contributed by atoms with Gasteiger partial charge in [0.1, 0.15) is 23.3 Å². The van der Waals surface area contributed by atoms with Gasteiger partial charge < -0.3 is 10.6 Å². The molecule has 2 N–H and O–H groups in total. The smallest absolute Gasteiger partial charge is 0.257 e. The van der Waals surface area contributed by atoms with Gasteiger partial charge in [-0.15, -0.1) is 0 Å². The third-order valence-corrected chi connectivity index (χ3v) is 3.80. The van der Waals surface area contributed by atoms with Crippen molar-refractivity contribution in [3.05, 3.63) is 71.4 Å². The number of benzene rings is 2. The van der Waals surface area contributed by atoms with Crippen LogP contribution in [0.25, 0.3) is 10.9 Å². The SMILES string of the molecule is N#Cc1cnc2ccccc2c1NCCNC(=O)c1c(F)cccc1F. The number of nitrogens with zero attached hydrogens (tertiary/aromatic N) is 2. The number of rotatable bonds is 5. The number of aromatic nitrogens is 1. The van der Waals surface area contributed by atoms with E-state index in [2.05, 4.69) is 21.7 Å². The molecule has 3 rings (SSSR count). The second-order valence-corrected chi connectivity index (χ2v) is 5.46. The summed E-state index contributed by atoms with van der Waals surface area (Å²) in [5, 5.41) is 15.6. The molecule has 0 saturated carbocycles. The third-order valence-electron chi connectivity index (χ3n) is 3.80. The van der Waals surface area contributed by atoms with Crippen molar-refractivity contribution in [1.29, 1.82) is 5.26 Å². The molecule has 0 fully saturated rings. The Morgan fingerprint density at radius 3 is 2.54 bits per heavy atom. The zero-order valence-corrected chi connectivity index (χ0v) is 13.6. The lowest BCUT2D eigenvalue weighted by Crippen LogP contribution is -2.30. The van der Waals surface area contributed by atoms with E-state index in [0.717, 1.165) is 23.0 Å². The summed E-state index contributed by atoms with van der Waals surface area (Å²) in [6, 6.07) is 12.6.